The standard InChI is InChI=1S/C12H9FN4O3/c1-7-9(6-14)12(16(2)15-7)20-11-4-3-8(13)5-10(11)17(18)19/h3-5H,1-2H3. The van der Waals surface area contributed by atoms with E-state index in [0.717, 1.165) is 18.2 Å². The third kappa shape index (κ3) is 2.29. The van der Waals surface area contributed by atoms with Crippen LogP contribution >= 0.6 is 0 Å². The first-order chi connectivity index (χ1) is 9.43. The summed E-state index contributed by atoms with van der Waals surface area (Å²) in [5, 5.41) is 23.9. The summed E-state index contributed by atoms with van der Waals surface area (Å²) in [4.78, 5) is 10.1. The van der Waals surface area contributed by atoms with Crippen molar-refractivity contribution in [1.82, 2.24) is 9.78 Å². The second-order valence-corrected chi connectivity index (χ2v) is 3.97. The predicted molar refractivity (Wildman–Crippen MR) is 65.8 cm³/mol. The Morgan fingerprint density at radius 3 is 2.85 bits per heavy atom. The maximum absolute atomic E-state index is 13.0. The molecule has 20 heavy (non-hydrogen) atoms. The van der Waals surface area contributed by atoms with Crippen LogP contribution in [0.4, 0.5) is 10.1 Å². The Kier molecular flexibility index (Phi) is 3.35. The number of rotatable bonds is 3. The first kappa shape index (κ1) is 13.5. The lowest BCUT2D eigenvalue weighted by molar-refractivity contribution is -0.385. The van der Waals surface area contributed by atoms with Gasteiger partial charge in [0.2, 0.25) is 11.6 Å². The van der Waals surface area contributed by atoms with Gasteiger partial charge in [-0.15, -0.1) is 0 Å². The van der Waals surface area contributed by atoms with Crippen LogP contribution < -0.4 is 4.74 Å². The Morgan fingerprint density at radius 2 is 2.25 bits per heavy atom. The molecule has 0 fully saturated rings. The van der Waals surface area contributed by atoms with Crippen molar-refractivity contribution < 1.29 is 14.1 Å². The Labute approximate surface area is 113 Å². The van der Waals surface area contributed by atoms with E-state index in [-0.39, 0.29) is 17.2 Å². The van der Waals surface area contributed by atoms with Crippen molar-refractivity contribution in [1.29, 1.82) is 5.26 Å². The molecule has 2 rings (SSSR count). The highest BCUT2D eigenvalue weighted by atomic mass is 19.1. The third-order valence-electron chi connectivity index (χ3n) is 2.61. The van der Waals surface area contributed by atoms with Gasteiger partial charge in [-0.3, -0.25) is 10.1 Å². The van der Waals surface area contributed by atoms with E-state index < -0.39 is 16.4 Å². The summed E-state index contributed by atoms with van der Waals surface area (Å²) < 4.78 is 19.7. The van der Waals surface area contributed by atoms with Gasteiger partial charge in [0.15, 0.2) is 0 Å². The van der Waals surface area contributed by atoms with E-state index in [1.165, 1.54) is 4.68 Å². The van der Waals surface area contributed by atoms with Gasteiger partial charge in [0.05, 0.1) is 16.7 Å². The topological polar surface area (TPSA) is 94.0 Å². The number of aryl methyl sites for hydroxylation is 2. The molecule has 1 aromatic carbocycles. The summed E-state index contributed by atoms with van der Waals surface area (Å²) in [5.74, 6) is -0.832. The monoisotopic (exact) mass is 276 g/mol. The molecule has 0 aliphatic heterocycles. The van der Waals surface area contributed by atoms with Gasteiger partial charge >= 0.3 is 5.69 Å². The fraction of sp³-hybridized carbons (Fsp3) is 0.167. The molecule has 0 unspecified atom stereocenters. The van der Waals surface area contributed by atoms with Crippen LogP contribution in [-0.4, -0.2) is 14.7 Å². The molecule has 0 N–H and O–H groups in total. The van der Waals surface area contributed by atoms with Crippen LogP contribution in [-0.2, 0) is 7.05 Å². The lowest BCUT2D eigenvalue weighted by atomic mass is 10.2. The molecule has 0 radical (unpaired) electrons. The summed E-state index contributed by atoms with van der Waals surface area (Å²) in [6.45, 7) is 1.62. The van der Waals surface area contributed by atoms with E-state index in [1.807, 2.05) is 6.07 Å². The summed E-state index contributed by atoms with van der Waals surface area (Å²) in [6.07, 6.45) is 0. The van der Waals surface area contributed by atoms with Gasteiger partial charge in [0.25, 0.3) is 0 Å². The molecule has 8 heteroatoms. The molecule has 1 aromatic heterocycles. The van der Waals surface area contributed by atoms with Crippen molar-refractivity contribution in [3.63, 3.8) is 0 Å². The van der Waals surface area contributed by atoms with Crippen LogP contribution in [0.1, 0.15) is 11.3 Å². The first-order valence-electron chi connectivity index (χ1n) is 5.49. The summed E-state index contributed by atoms with van der Waals surface area (Å²) >= 11 is 0. The Balaban J connectivity index is 2.51. The highest BCUT2D eigenvalue weighted by molar-refractivity contribution is 5.51. The SMILES string of the molecule is Cc1nn(C)c(Oc2ccc(F)cc2[N+](=O)[O-])c1C#N. The quantitative estimate of drug-likeness (QED) is 0.633. The number of nitro groups is 1. The zero-order valence-electron chi connectivity index (χ0n) is 10.6. The maximum Gasteiger partial charge on any atom is 0.314 e. The molecule has 0 spiro atoms. The molecule has 7 nitrogen and oxygen atoms in total. The first-order valence-corrected chi connectivity index (χ1v) is 5.49. The lowest BCUT2D eigenvalue weighted by Crippen LogP contribution is -1.99. The fourth-order valence-electron chi connectivity index (χ4n) is 1.71. The number of ether oxygens (including phenoxy) is 1. The minimum Gasteiger partial charge on any atom is -0.431 e. The van der Waals surface area contributed by atoms with Crippen LogP contribution in [0.3, 0.4) is 0 Å². The van der Waals surface area contributed by atoms with E-state index >= 15 is 0 Å². The van der Waals surface area contributed by atoms with Crippen molar-refractivity contribution in [2.24, 2.45) is 7.05 Å². The van der Waals surface area contributed by atoms with Gasteiger partial charge in [-0.2, -0.15) is 10.4 Å². The van der Waals surface area contributed by atoms with Crippen LogP contribution in [0.5, 0.6) is 11.6 Å². The zero-order chi connectivity index (χ0) is 14.9. The highest BCUT2D eigenvalue weighted by Gasteiger charge is 2.21. The van der Waals surface area contributed by atoms with Crippen molar-refractivity contribution in [3.8, 4) is 17.7 Å². The van der Waals surface area contributed by atoms with E-state index in [4.69, 9.17) is 10.00 Å². The molecule has 0 atom stereocenters. The van der Waals surface area contributed by atoms with E-state index in [9.17, 15) is 14.5 Å². The number of nitriles is 1. The van der Waals surface area contributed by atoms with Crippen LogP contribution in [0, 0.1) is 34.2 Å². The molecule has 0 aliphatic carbocycles. The third-order valence-corrected chi connectivity index (χ3v) is 2.61. The van der Waals surface area contributed by atoms with Crippen LogP contribution in [0.2, 0.25) is 0 Å². The molecule has 0 aliphatic rings. The van der Waals surface area contributed by atoms with Gasteiger partial charge in [-0.1, -0.05) is 0 Å². The largest absolute Gasteiger partial charge is 0.431 e. The molecule has 0 saturated heterocycles. The van der Waals surface area contributed by atoms with Crippen molar-refractivity contribution in [2.45, 2.75) is 6.92 Å². The molecule has 1 heterocycles. The normalized spacial score (nSPS) is 10.1. The summed E-state index contributed by atoms with van der Waals surface area (Å²) in [7, 11) is 1.54. The number of nitro benzene ring substituents is 1. The lowest BCUT2D eigenvalue weighted by Gasteiger charge is -2.06. The molecule has 0 amide bonds. The molecule has 102 valence electrons. The number of hydrogen-bond acceptors (Lipinski definition) is 5. The average molecular weight is 276 g/mol. The summed E-state index contributed by atoms with van der Waals surface area (Å²) in [5.41, 5.74) is 0.0913. The van der Waals surface area contributed by atoms with E-state index in [0.29, 0.717) is 5.69 Å². The van der Waals surface area contributed by atoms with Gasteiger partial charge in [0.1, 0.15) is 17.4 Å². The minimum atomic E-state index is -0.756. The van der Waals surface area contributed by atoms with Gasteiger partial charge in [-0.05, 0) is 19.1 Å². The number of nitrogens with zero attached hydrogens (tertiary/aromatic N) is 4. The maximum atomic E-state index is 13.0. The highest BCUT2D eigenvalue weighted by Crippen LogP contribution is 2.33. The summed E-state index contributed by atoms with van der Waals surface area (Å²) in [6, 6.07) is 4.84. The van der Waals surface area contributed by atoms with Crippen LogP contribution in [0.15, 0.2) is 18.2 Å². The fourth-order valence-corrected chi connectivity index (χ4v) is 1.71. The van der Waals surface area contributed by atoms with Crippen molar-refractivity contribution in [3.05, 3.63) is 45.4 Å². The Hall–Kier alpha value is -2.95. The van der Waals surface area contributed by atoms with E-state index in [1.54, 1.807) is 14.0 Å². The van der Waals surface area contributed by atoms with Crippen LogP contribution in [0.25, 0.3) is 0 Å². The Morgan fingerprint density at radius 1 is 1.55 bits per heavy atom. The number of benzene rings is 1. The minimum absolute atomic E-state index is 0.0692. The van der Waals surface area contributed by atoms with Gasteiger partial charge in [0, 0.05) is 7.05 Å². The molecule has 0 bridgehead atoms. The second kappa shape index (κ2) is 4.97. The number of hydrogen-bond donors (Lipinski definition) is 0. The Bertz CT molecular complexity index is 733. The number of halogens is 1. The smallest absolute Gasteiger partial charge is 0.314 e. The van der Waals surface area contributed by atoms with Crippen molar-refractivity contribution in [2.75, 3.05) is 0 Å². The van der Waals surface area contributed by atoms with Gasteiger partial charge in [-0.25, -0.2) is 9.07 Å². The zero-order valence-corrected chi connectivity index (χ0v) is 10.6. The van der Waals surface area contributed by atoms with Crippen molar-refractivity contribution >= 4 is 5.69 Å². The predicted octanol–water partition coefficient (Wildman–Crippen LogP) is 2.44. The molecular formula is C12H9FN4O3. The van der Waals surface area contributed by atoms with E-state index in [2.05, 4.69) is 5.10 Å². The second-order valence-electron chi connectivity index (χ2n) is 3.97. The number of aromatic nitrogens is 2. The van der Waals surface area contributed by atoms with Gasteiger partial charge < -0.3 is 4.74 Å². The molecule has 0 saturated carbocycles. The molecular weight excluding hydrogens is 267 g/mol. The average Bonchev–Trinajstić information content (AvgIpc) is 2.65. The molecule has 2 aromatic rings.